The minimum absolute atomic E-state index is 0.138. The van der Waals surface area contributed by atoms with Crippen LogP contribution in [0.2, 0.25) is 0 Å². The summed E-state index contributed by atoms with van der Waals surface area (Å²) in [5.41, 5.74) is 9.61. The molecule has 0 fully saturated rings. The largest absolute Gasteiger partial charge is 0.506 e. The van der Waals surface area contributed by atoms with Crippen molar-refractivity contribution in [3.63, 3.8) is 0 Å². The summed E-state index contributed by atoms with van der Waals surface area (Å²) in [6.07, 6.45) is 2.77. The summed E-state index contributed by atoms with van der Waals surface area (Å²) in [6.45, 7) is 11.1. The molecule has 2 aromatic heterocycles. The zero-order valence-corrected chi connectivity index (χ0v) is 21.4. The maximum atomic E-state index is 11.5. The number of aromatic hydroxyl groups is 1. The molecule has 0 aliphatic heterocycles. The van der Waals surface area contributed by atoms with E-state index in [1.54, 1.807) is 53.7 Å². The fourth-order valence-electron chi connectivity index (χ4n) is 1.79. The zero-order valence-electron chi connectivity index (χ0n) is 19.8. The van der Waals surface area contributed by atoms with Crippen LogP contribution in [0.1, 0.15) is 41.5 Å². The second kappa shape index (κ2) is 14.1. The minimum Gasteiger partial charge on any atom is -0.506 e. The van der Waals surface area contributed by atoms with Gasteiger partial charge in [-0.25, -0.2) is 14.8 Å². The Morgan fingerprint density at radius 3 is 1.73 bits per heavy atom. The van der Waals surface area contributed by atoms with Crippen LogP contribution in [0.25, 0.3) is 0 Å². The molecule has 5 N–H and O–H groups in total. The van der Waals surface area contributed by atoms with Gasteiger partial charge in [-0.1, -0.05) is 15.9 Å². The monoisotopic (exact) mass is 528 g/mol. The minimum atomic E-state index is -1.03. The predicted octanol–water partition coefficient (Wildman–Crippen LogP) is 3.48. The summed E-state index contributed by atoms with van der Waals surface area (Å²) < 4.78 is 14.6. The van der Waals surface area contributed by atoms with Gasteiger partial charge in [-0.2, -0.15) is 0 Å². The van der Waals surface area contributed by atoms with Crippen LogP contribution >= 0.6 is 15.9 Å². The van der Waals surface area contributed by atoms with Crippen molar-refractivity contribution in [2.45, 2.75) is 51.5 Å². The first-order valence-electron chi connectivity index (χ1n) is 10.1. The summed E-state index contributed by atoms with van der Waals surface area (Å²) >= 11 is 3.17. The molecule has 0 aromatic carbocycles. The molecule has 0 bridgehead atoms. The van der Waals surface area contributed by atoms with Gasteiger partial charge in [-0.15, -0.1) is 0 Å². The summed E-state index contributed by atoms with van der Waals surface area (Å²) in [4.78, 5) is 29.8. The third-order valence-corrected chi connectivity index (χ3v) is 3.75. The van der Waals surface area contributed by atoms with Crippen LogP contribution in [-0.4, -0.2) is 50.2 Å². The van der Waals surface area contributed by atoms with Crippen LogP contribution < -0.4 is 16.2 Å². The summed E-state index contributed by atoms with van der Waals surface area (Å²) in [5, 5.41) is 8.64. The number of nitrogen functional groups attached to an aromatic ring is 2. The first-order valence-corrected chi connectivity index (χ1v) is 10.9. The zero-order chi connectivity index (χ0) is 25.7. The SMILES string of the molecule is CCOC(=O)C(C)(C)Br.CCOC(=O)C(C)(C)Oc1ccc(N)nc1.Nc1ccc(O)cn1. The van der Waals surface area contributed by atoms with Crippen molar-refractivity contribution in [3.05, 3.63) is 36.7 Å². The molecular weight excluding hydrogens is 496 g/mol. The maximum Gasteiger partial charge on any atom is 0.349 e. The number of hydrogen-bond acceptors (Lipinski definition) is 10. The number of hydrogen-bond donors (Lipinski definition) is 3. The van der Waals surface area contributed by atoms with Crippen molar-refractivity contribution in [2.24, 2.45) is 0 Å². The van der Waals surface area contributed by atoms with Gasteiger partial charge in [-0.3, -0.25) is 4.79 Å². The Hall–Kier alpha value is -3.08. The van der Waals surface area contributed by atoms with Gasteiger partial charge in [0.2, 0.25) is 0 Å². The molecule has 0 aliphatic rings. The van der Waals surface area contributed by atoms with E-state index in [0.29, 0.717) is 30.6 Å². The summed E-state index contributed by atoms with van der Waals surface area (Å²) in [7, 11) is 0. The Bertz CT molecular complexity index is 832. The smallest absolute Gasteiger partial charge is 0.349 e. The number of halogens is 1. The van der Waals surface area contributed by atoms with Gasteiger partial charge >= 0.3 is 11.9 Å². The number of aromatic nitrogens is 2. The fraction of sp³-hybridized carbons (Fsp3) is 0.455. The Kier molecular flexibility index (Phi) is 12.8. The molecule has 0 amide bonds. The van der Waals surface area contributed by atoms with Gasteiger partial charge < -0.3 is 30.8 Å². The number of nitrogens with zero attached hydrogens (tertiary/aromatic N) is 2. The lowest BCUT2D eigenvalue weighted by Crippen LogP contribution is -2.39. The van der Waals surface area contributed by atoms with Crippen LogP contribution in [0.3, 0.4) is 0 Å². The van der Waals surface area contributed by atoms with Crippen LogP contribution in [-0.2, 0) is 19.1 Å². The fourth-order valence-corrected chi connectivity index (χ4v) is 1.91. The van der Waals surface area contributed by atoms with E-state index in [1.807, 2.05) is 0 Å². The highest BCUT2D eigenvalue weighted by Gasteiger charge is 2.31. The van der Waals surface area contributed by atoms with E-state index in [4.69, 9.17) is 30.8 Å². The number of carbonyl (C=O) groups excluding carboxylic acids is 2. The standard InChI is InChI=1S/C11H16N2O3.C6H11BrO2.C5H6N2O/c1-4-15-10(14)11(2,3)16-8-5-6-9(12)13-7-8;1-4-9-5(8)6(2,3)7;6-5-2-1-4(8)3-7-5/h5-7H,4H2,1-3H3,(H2,12,13);4H2,1-3H3;1-3,8H,(H2,6,7). The van der Waals surface area contributed by atoms with Crippen molar-refractivity contribution >= 4 is 39.5 Å². The Morgan fingerprint density at radius 2 is 1.39 bits per heavy atom. The molecule has 10 nitrogen and oxygen atoms in total. The van der Waals surface area contributed by atoms with Gasteiger partial charge in [0.25, 0.3) is 0 Å². The van der Waals surface area contributed by atoms with E-state index in [2.05, 4.69) is 25.9 Å². The molecule has 11 heteroatoms. The molecule has 0 aliphatic carbocycles. The van der Waals surface area contributed by atoms with E-state index < -0.39 is 15.9 Å². The van der Waals surface area contributed by atoms with Crippen molar-refractivity contribution in [1.29, 1.82) is 0 Å². The molecule has 0 saturated carbocycles. The number of nitrogens with two attached hydrogens (primary N) is 2. The van der Waals surface area contributed by atoms with E-state index >= 15 is 0 Å². The molecule has 0 radical (unpaired) electrons. The van der Waals surface area contributed by atoms with Crippen LogP contribution in [0, 0.1) is 0 Å². The van der Waals surface area contributed by atoms with Gasteiger partial charge in [0, 0.05) is 0 Å². The van der Waals surface area contributed by atoms with Gasteiger partial charge in [0.05, 0.1) is 25.6 Å². The van der Waals surface area contributed by atoms with Crippen LogP contribution in [0.5, 0.6) is 11.5 Å². The molecule has 0 unspecified atom stereocenters. The first-order chi connectivity index (χ1) is 15.2. The maximum absolute atomic E-state index is 11.5. The lowest BCUT2D eigenvalue weighted by atomic mass is 10.1. The van der Waals surface area contributed by atoms with Crippen molar-refractivity contribution < 1.29 is 28.9 Å². The number of esters is 2. The molecular formula is C22H33BrN4O6. The molecule has 2 heterocycles. The molecule has 184 valence electrons. The summed E-state index contributed by atoms with van der Waals surface area (Å²) in [5.74, 6) is 0.812. The number of ether oxygens (including phenoxy) is 3. The number of alkyl halides is 1. The normalized spacial score (nSPS) is 10.5. The third-order valence-electron chi connectivity index (χ3n) is 3.43. The number of anilines is 2. The lowest BCUT2D eigenvalue weighted by Gasteiger charge is -2.23. The van der Waals surface area contributed by atoms with Gasteiger partial charge in [-0.05, 0) is 65.8 Å². The third kappa shape index (κ3) is 13.2. The quantitative estimate of drug-likeness (QED) is 0.373. The molecule has 2 aromatic rings. The first kappa shape index (κ1) is 29.9. The number of carbonyl (C=O) groups is 2. The van der Waals surface area contributed by atoms with E-state index in [1.165, 1.54) is 24.5 Å². The van der Waals surface area contributed by atoms with Crippen LogP contribution in [0.4, 0.5) is 11.6 Å². The van der Waals surface area contributed by atoms with E-state index in [9.17, 15) is 9.59 Å². The highest BCUT2D eigenvalue weighted by molar-refractivity contribution is 9.10. The lowest BCUT2D eigenvalue weighted by molar-refractivity contribution is -0.158. The second-order valence-electron chi connectivity index (χ2n) is 7.39. The molecule has 0 atom stereocenters. The Balaban J connectivity index is 0.000000510. The Morgan fingerprint density at radius 1 is 0.909 bits per heavy atom. The number of rotatable bonds is 6. The average Bonchev–Trinajstić information content (AvgIpc) is 2.72. The topological polar surface area (TPSA) is 160 Å². The molecule has 0 saturated heterocycles. The highest BCUT2D eigenvalue weighted by atomic mass is 79.9. The van der Waals surface area contributed by atoms with Crippen molar-refractivity contribution in [2.75, 3.05) is 24.7 Å². The molecule has 33 heavy (non-hydrogen) atoms. The predicted molar refractivity (Wildman–Crippen MR) is 130 cm³/mol. The van der Waals surface area contributed by atoms with Gasteiger partial charge in [0.15, 0.2) is 5.60 Å². The Labute approximate surface area is 202 Å². The second-order valence-corrected chi connectivity index (χ2v) is 9.37. The molecule has 2 rings (SSSR count). The van der Waals surface area contributed by atoms with E-state index in [-0.39, 0.29) is 11.7 Å². The highest BCUT2D eigenvalue weighted by Crippen LogP contribution is 2.19. The molecule has 0 spiro atoms. The van der Waals surface area contributed by atoms with E-state index in [0.717, 1.165) is 0 Å². The summed E-state index contributed by atoms with van der Waals surface area (Å²) in [6, 6.07) is 6.29. The number of pyridine rings is 2. The van der Waals surface area contributed by atoms with Crippen molar-refractivity contribution in [1.82, 2.24) is 9.97 Å². The van der Waals surface area contributed by atoms with Gasteiger partial charge in [0.1, 0.15) is 27.5 Å². The average molecular weight is 529 g/mol. The van der Waals surface area contributed by atoms with Crippen LogP contribution in [0.15, 0.2) is 36.7 Å². The van der Waals surface area contributed by atoms with Crippen molar-refractivity contribution in [3.8, 4) is 11.5 Å².